The number of rotatable bonds is 0. The Morgan fingerprint density at radius 3 is 2.33 bits per heavy atom. The fraction of sp³-hybridized carbons (Fsp3) is 0.333. The van der Waals surface area contributed by atoms with Crippen LogP contribution < -0.4 is 5.32 Å². The molecule has 1 N–H and O–H groups in total. The first kappa shape index (κ1) is 9.24. The van der Waals surface area contributed by atoms with Crippen LogP contribution >= 0.6 is 32.9 Å². The summed E-state index contributed by atoms with van der Waals surface area (Å²) < 4.78 is -0.0260. The highest BCUT2D eigenvalue weighted by atomic mass is 79.9. The first-order valence-corrected chi connectivity index (χ1v) is 3.31. The minimum absolute atomic E-state index is 0. The Bertz CT molecular complexity index is 138. The van der Waals surface area contributed by atoms with Gasteiger partial charge in [-0.3, -0.25) is 0 Å². The zero-order valence-electron chi connectivity index (χ0n) is 5.10. The number of nitrogens with one attached hydrogen (secondary N) is 1. The molecule has 52 valence electrons. The maximum atomic E-state index is 3.44. The fourth-order valence-electron chi connectivity index (χ4n) is 0.551. The molecular formula is C6H9Br2N. The minimum Gasteiger partial charge on any atom is -0.373 e. The topological polar surface area (TPSA) is 12.0 Å². The predicted octanol–water partition coefficient (Wildman–Crippen LogP) is 2.35. The number of halogens is 2. The molecule has 1 nitrogen and oxygen atoms in total. The summed E-state index contributed by atoms with van der Waals surface area (Å²) in [5.41, 5.74) is 0. The van der Waals surface area contributed by atoms with Crippen LogP contribution in [0.3, 0.4) is 0 Å². The Labute approximate surface area is 74.1 Å². The number of hydrogen-bond acceptors (Lipinski definition) is 1. The first-order valence-electron chi connectivity index (χ1n) is 2.52. The highest BCUT2D eigenvalue weighted by molar-refractivity contribution is 9.10. The molecule has 1 aliphatic heterocycles. The highest BCUT2D eigenvalue weighted by Crippen LogP contribution is 2.16. The van der Waals surface area contributed by atoms with Crippen LogP contribution in [0, 0.1) is 0 Å². The number of hydrogen-bond donors (Lipinski definition) is 1. The van der Waals surface area contributed by atoms with E-state index in [0.29, 0.717) is 0 Å². The van der Waals surface area contributed by atoms with Gasteiger partial charge in [0.15, 0.2) is 0 Å². The SMILES string of the molecule is Br.CC1(Br)C=CC=CN1. The maximum absolute atomic E-state index is 3.44. The Hall–Kier alpha value is 0.240. The van der Waals surface area contributed by atoms with Gasteiger partial charge in [0, 0.05) is 0 Å². The molecule has 0 fully saturated rings. The van der Waals surface area contributed by atoms with Crippen LogP contribution in [0.4, 0.5) is 0 Å². The van der Waals surface area contributed by atoms with E-state index in [2.05, 4.69) is 21.2 Å². The van der Waals surface area contributed by atoms with Gasteiger partial charge in [0.25, 0.3) is 0 Å². The molecule has 1 atom stereocenters. The third-order valence-corrected chi connectivity index (χ3v) is 1.48. The van der Waals surface area contributed by atoms with Gasteiger partial charge in [0.05, 0.1) is 0 Å². The van der Waals surface area contributed by atoms with Gasteiger partial charge in [-0.05, 0) is 25.3 Å². The van der Waals surface area contributed by atoms with Crippen molar-refractivity contribution in [2.45, 2.75) is 11.4 Å². The van der Waals surface area contributed by atoms with E-state index in [0.717, 1.165) is 0 Å². The van der Waals surface area contributed by atoms with E-state index in [1.807, 2.05) is 31.4 Å². The Morgan fingerprint density at radius 2 is 2.11 bits per heavy atom. The summed E-state index contributed by atoms with van der Waals surface area (Å²) in [4.78, 5) is 0. The van der Waals surface area contributed by atoms with E-state index in [1.165, 1.54) is 0 Å². The summed E-state index contributed by atoms with van der Waals surface area (Å²) >= 11 is 3.44. The molecular weight excluding hydrogens is 246 g/mol. The second kappa shape index (κ2) is 3.42. The summed E-state index contributed by atoms with van der Waals surface area (Å²) in [5, 5.41) is 3.11. The van der Waals surface area contributed by atoms with E-state index < -0.39 is 0 Å². The van der Waals surface area contributed by atoms with Gasteiger partial charge in [-0.25, -0.2) is 0 Å². The second-order valence-corrected chi connectivity index (χ2v) is 3.59. The van der Waals surface area contributed by atoms with Gasteiger partial charge in [0.1, 0.15) is 4.45 Å². The van der Waals surface area contributed by atoms with Crippen molar-refractivity contribution >= 4 is 32.9 Å². The van der Waals surface area contributed by atoms with Crippen LogP contribution in [0.15, 0.2) is 24.4 Å². The monoisotopic (exact) mass is 253 g/mol. The molecule has 0 radical (unpaired) electrons. The summed E-state index contributed by atoms with van der Waals surface area (Å²) in [6.45, 7) is 2.05. The molecule has 1 unspecified atom stereocenters. The van der Waals surface area contributed by atoms with Crippen LogP contribution in [-0.4, -0.2) is 4.45 Å². The lowest BCUT2D eigenvalue weighted by atomic mass is 10.2. The average molecular weight is 255 g/mol. The smallest absolute Gasteiger partial charge is 0.108 e. The molecule has 0 aliphatic carbocycles. The van der Waals surface area contributed by atoms with Crippen molar-refractivity contribution in [2.75, 3.05) is 0 Å². The molecule has 0 bridgehead atoms. The Balaban J connectivity index is 0.000000640. The van der Waals surface area contributed by atoms with Crippen LogP contribution in [0.25, 0.3) is 0 Å². The molecule has 0 saturated heterocycles. The van der Waals surface area contributed by atoms with Crippen LogP contribution in [0.1, 0.15) is 6.92 Å². The summed E-state index contributed by atoms with van der Waals surface area (Å²) in [7, 11) is 0. The highest BCUT2D eigenvalue weighted by Gasteiger charge is 2.13. The van der Waals surface area contributed by atoms with Gasteiger partial charge < -0.3 is 5.32 Å². The molecule has 0 amide bonds. The van der Waals surface area contributed by atoms with Crippen LogP contribution in [0.5, 0.6) is 0 Å². The van der Waals surface area contributed by atoms with Gasteiger partial charge in [-0.1, -0.05) is 22.0 Å². The van der Waals surface area contributed by atoms with Gasteiger partial charge in [-0.15, -0.1) is 17.0 Å². The normalized spacial score (nSPS) is 30.9. The third kappa shape index (κ3) is 3.06. The Kier molecular flexibility index (Phi) is 3.51. The largest absolute Gasteiger partial charge is 0.373 e. The number of dihydropyridines is 1. The molecule has 0 saturated carbocycles. The van der Waals surface area contributed by atoms with E-state index >= 15 is 0 Å². The summed E-state index contributed by atoms with van der Waals surface area (Å²) in [6.07, 6.45) is 7.93. The lowest BCUT2D eigenvalue weighted by Crippen LogP contribution is -2.30. The maximum Gasteiger partial charge on any atom is 0.108 e. The summed E-state index contributed by atoms with van der Waals surface area (Å²) in [6, 6.07) is 0. The second-order valence-electron chi connectivity index (χ2n) is 1.94. The molecule has 9 heavy (non-hydrogen) atoms. The van der Waals surface area contributed by atoms with Crippen molar-refractivity contribution < 1.29 is 0 Å². The number of alkyl halides is 1. The fourth-order valence-corrected chi connectivity index (χ4v) is 0.836. The first-order chi connectivity index (χ1) is 3.71. The van der Waals surface area contributed by atoms with Gasteiger partial charge >= 0.3 is 0 Å². The summed E-state index contributed by atoms with van der Waals surface area (Å²) in [5.74, 6) is 0. The van der Waals surface area contributed by atoms with Crippen LogP contribution in [0.2, 0.25) is 0 Å². The minimum atomic E-state index is -0.0260. The molecule has 0 aromatic carbocycles. The van der Waals surface area contributed by atoms with Crippen molar-refractivity contribution in [3.8, 4) is 0 Å². The number of allylic oxidation sites excluding steroid dienone is 2. The molecule has 0 aromatic rings. The average Bonchev–Trinajstić information content (AvgIpc) is 1.65. The molecule has 1 aliphatic rings. The predicted molar refractivity (Wildman–Crippen MR) is 49.1 cm³/mol. The molecule has 3 heteroatoms. The lowest BCUT2D eigenvalue weighted by Gasteiger charge is -2.20. The zero-order chi connectivity index (χ0) is 6.04. The standard InChI is InChI=1S/C6H8BrN.BrH/c1-6(7)4-2-3-5-8-6;/h2-5,8H,1H3;1H. The third-order valence-electron chi connectivity index (χ3n) is 0.982. The molecule has 1 rings (SSSR count). The molecule has 1 heterocycles. The lowest BCUT2D eigenvalue weighted by molar-refractivity contribution is 0.714. The van der Waals surface area contributed by atoms with Crippen molar-refractivity contribution in [1.29, 1.82) is 0 Å². The van der Waals surface area contributed by atoms with Crippen molar-refractivity contribution in [3.05, 3.63) is 24.4 Å². The quantitative estimate of drug-likeness (QED) is 0.517. The molecule has 0 spiro atoms. The molecule has 0 aromatic heterocycles. The van der Waals surface area contributed by atoms with Gasteiger partial charge in [-0.2, -0.15) is 0 Å². The van der Waals surface area contributed by atoms with E-state index in [1.54, 1.807) is 0 Å². The van der Waals surface area contributed by atoms with E-state index in [4.69, 9.17) is 0 Å². The van der Waals surface area contributed by atoms with Crippen molar-refractivity contribution in [1.82, 2.24) is 5.32 Å². The van der Waals surface area contributed by atoms with E-state index in [-0.39, 0.29) is 21.4 Å². The van der Waals surface area contributed by atoms with Crippen molar-refractivity contribution in [3.63, 3.8) is 0 Å². The van der Waals surface area contributed by atoms with Crippen LogP contribution in [-0.2, 0) is 0 Å². The Morgan fingerprint density at radius 1 is 1.44 bits per heavy atom. The van der Waals surface area contributed by atoms with Crippen molar-refractivity contribution in [2.24, 2.45) is 0 Å². The zero-order valence-corrected chi connectivity index (χ0v) is 8.39. The van der Waals surface area contributed by atoms with Gasteiger partial charge in [0.2, 0.25) is 0 Å². The van der Waals surface area contributed by atoms with E-state index in [9.17, 15) is 0 Å².